The predicted octanol–water partition coefficient (Wildman–Crippen LogP) is 3.95. The van der Waals surface area contributed by atoms with Crippen LogP contribution in [0.25, 0.3) is 0 Å². The lowest BCUT2D eigenvalue weighted by Gasteiger charge is -2.10. The number of rotatable bonds is 5. The van der Waals surface area contributed by atoms with Crippen molar-refractivity contribution in [3.05, 3.63) is 22.4 Å². The van der Waals surface area contributed by atoms with Crippen LogP contribution in [0.4, 0.5) is 0 Å². The molecule has 0 aliphatic carbocycles. The van der Waals surface area contributed by atoms with E-state index in [1.807, 2.05) is 11.3 Å². The van der Waals surface area contributed by atoms with Gasteiger partial charge < -0.3 is 0 Å². The monoisotopic (exact) mass is 202 g/mol. The molecular formula is C10H15ClS. The summed E-state index contributed by atoms with van der Waals surface area (Å²) in [5, 5.41) is 2.13. The van der Waals surface area contributed by atoms with Crippen LogP contribution in [-0.4, -0.2) is 5.88 Å². The Labute approximate surface area is 83.6 Å². The van der Waals surface area contributed by atoms with E-state index in [0.717, 1.165) is 12.3 Å². The largest absolute Gasteiger partial charge is 0.149 e. The van der Waals surface area contributed by atoms with Gasteiger partial charge in [0, 0.05) is 10.8 Å². The second-order valence-corrected chi connectivity index (χ2v) is 4.43. The van der Waals surface area contributed by atoms with Crippen molar-refractivity contribution in [2.45, 2.75) is 26.2 Å². The molecule has 0 amide bonds. The van der Waals surface area contributed by atoms with Crippen LogP contribution in [0.15, 0.2) is 17.5 Å². The van der Waals surface area contributed by atoms with Gasteiger partial charge in [0.15, 0.2) is 0 Å². The molecule has 0 aromatic carbocycles. The van der Waals surface area contributed by atoms with Gasteiger partial charge >= 0.3 is 0 Å². The van der Waals surface area contributed by atoms with Crippen molar-refractivity contribution in [1.82, 2.24) is 0 Å². The average Bonchev–Trinajstić information content (AvgIpc) is 2.56. The third-order valence-electron chi connectivity index (χ3n) is 1.99. The highest BCUT2D eigenvalue weighted by molar-refractivity contribution is 7.09. The van der Waals surface area contributed by atoms with Crippen LogP contribution in [-0.2, 0) is 6.42 Å². The van der Waals surface area contributed by atoms with Crippen LogP contribution in [0.1, 0.15) is 24.6 Å². The number of hydrogen-bond donors (Lipinski definition) is 0. The zero-order valence-corrected chi connectivity index (χ0v) is 9.00. The van der Waals surface area contributed by atoms with E-state index in [2.05, 4.69) is 24.4 Å². The molecule has 68 valence electrons. The molecule has 2 heteroatoms. The Hall–Kier alpha value is -0.0100. The third-order valence-corrected chi connectivity index (χ3v) is 3.32. The first kappa shape index (κ1) is 10.1. The Morgan fingerprint density at radius 1 is 1.58 bits per heavy atom. The lowest BCUT2D eigenvalue weighted by Crippen LogP contribution is -2.04. The van der Waals surface area contributed by atoms with Crippen LogP contribution < -0.4 is 0 Å². The molecule has 12 heavy (non-hydrogen) atoms. The van der Waals surface area contributed by atoms with Crippen LogP contribution >= 0.6 is 22.9 Å². The summed E-state index contributed by atoms with van der Waals surface area (Å²) in [6.07, 6.45) is 3.65. The van der Waals surface area contributed by atoms with E-state index in [0.29, 0.717) is 5.92 Å². The Bertz CT molecular complexity index is 194. The summed E-state index contributed by atoms with van der Waals surface area (Å²) in [6, 6.07) is 4.30. The smallest absolute Gasteiger partial charge is 0.0255 e. The van der Waals surface area contributed by atoms with Gasteiger partial charge in [0.1, 0.15) is 0 Å². The molecule has 0 radical (unpaired) electrons. The molecule has 0 saturated carbocycles. The van der Waals surface area contributed by atoms with E-state index in [1.54, 1.807) is 0 Å². The summed E-state index contributed by atoms with van der Waals surface area (Å²) in [5.41, 5.74) is 0. The molecule has 0 saturated heterocycles. The normalized spacial score (nSPS) is 13.2. The maximum Gasteiger partial charge on any atom is 0.0255 e. The second kappa shape index (κ2) is 5.60. The minimum atomic E-state index is 0.676. The molecule has 0 fully saturated rings. The van der Waals surface area contributed by atoms with Gasteiger partial charge in [0.25, 0.3) is 0 Å². The molecule has 1 heterocycles. The van der Waals surface area contributed by atoms with Crippen LogP contribution in [0, 0.1) is 5.92 Å². The van der Waals surface area contributed by atoms with E-state index in [-0.39, 0.29) is 0 Å². The van der Waals surface area contributed by atoms with Crippen molar-refractivity contribution in [2.24, 2.45) is 5.92 Å². The first-order chi connectivity index (χ1) is 5.86. The summed E-state index contributed by atoms with van der Waals surface area (Å²) >= 11 is 7.70. The first-order valence-corrected chi connectivity index (χ1v) is 5.86. The zero-order valence-electron chi connectivity index (χ0n) is 7.42. The molecule has 0 bridgehead atoms. The predicted molar refractivity (Wildman–Crippen MR) is 57.1 cm³/mol. The molecule has 1 aromatic rings. The zero-order chi connectivity index (χ0) is 8.81. The molecule has 0 nitrogen and oxygen atoms in total. The van der Waals surface area contributed by atoms with Crippen molar-refractivity contribution < 1.29 is 0 Å². The lowest BCUT2D eigenvalue weighted by atomic mass is 10.0. The summed E-state index contributed by atoms with van der Waals surface area (Å²) in [5.74, 6) is 1.47. The van der Waals surface area contributed by atoms with Crippen molar-refractivity contribution in [1.29, 1.82) is 0 Å². The Balaban J connectivity index is 2.37. The van der Waals surface area contributed by atoms with Crippen LogP contribution in [0.3, 0.4) is 0 Å². The number of hydrogen-bond acceptors (Lipinski definition) is 1. The van der Waals surface area contributed by atoms with Gasteiger partial charge in [-0.2, -0.15) is 0 Å². The summed E-state index contributed by atoms with van der Waals surface area (Å²) in [6.45, 7) is 2.22. The Morgan fingerprint density at radius 2 is 2.42 bits per heavy atom. The van der Waals surface area contributed by atoms with Gasteiger partial charge in [-0.1, -0.05) is 19.4 Å². The van der Waals surface area contributed by atoms with E-state index in [1.165, 1.54) is 17.7 Å². The molecule has 1 aromatic heterocycles. The van der Waals surface area contributed by atoms with Crippen molar-refractivity contribution >= 4 is 22.9 Å². The van der Waals surface area contributed by atoms with Crippen molar-refractivity contribution in [3.8, 4) is 0 Å². The lowest BCUT2D eigenvalue weighted by molar-refractivity contribution is 0.532. The molecule has 0 aliphatic rings. The fourth-order valence-corrected chi connectivity index (χ4v) is 2.44. The Kier molecular flexibility index (Phi) is 4.70. The number of alkyl halides is 1. The molecule has 1 atom stereocenters. The van der Waals surface area contributed by atoms with Crippen LogP contribution in [0.2, 0.25) is 0 Å². The molecule has 1 unspecified atom stereocenters. The SMILES string of the molecule is CCCC(CCl)Cc1cccs1. The fraction of sp³-hybridized carbons (Fsp3) is 0.600. The maximum absolute atomic E-state index is 5.87. The molecule has 0 aliphatic heterocycles. The Morgan fingerprint density at radius 3 is 2.92 bits per heavy atom. The molecule has 0 spiro atoms. The van der Waals surface area contributed by atoms with Crippen molar-refractivity contribution in [3.63, 3.8) is 0 Å². The van der Waals surface area contributed by atoms with Gasteiger partial charge in [0.2, 0.25) is 0 Å². The second-order valence-electron chi connectivity index (χ2n) is 3.09. The molecule has 1 rings (SSSR count). The highest BCUT2D eigenvalue weighted by atomic mass is 35.5. The van der Waals surface area contributed by atoms with Gasteiger partial charge in [-0.3, -0.25) is 0 Å². The third kappa shape index (κ3) is 3.16. The minimum absolute atomic E-state index is 0.676. The number of halogens is 1. The van der Waals surface area contributed by atoms with Gasteiger partial charge in [-0.15, -0.1) is 22.9 Å². The summed E-state index contributed by atoms with van der Waals surface area (Å²) in [4.78, 5) is 1.47. The van der Waals surface area contributed by atoms with Gasteiger partial charge in [-0.05, 0) is 30.2 Å². The quantitative estimate of drug-likeness (QED) is 0.635. The highest BCUT2D eigenvalue weighted by Gasteiger charge is 2.07. The average molecular weight is 203 g/mol. The minimum Gasteiger partial charge on any atom is -0.149 e. The van der Waals surface area contributed by atoms with E-state index >= 15 is 0 Å². The first-order valence-electron chi connectivity index (χ1n) is 4.45. The van der Waals surface area contributed by atoms with E-state index in [9.17, 15) is 0 Å². The number of thiophene rings is 1. The summed E-state index contributed by atoms with van der Waals surface area (Å²) < 4.78 is 0. The standard InChI is InChI=1S/C10H15ClS/c1-2-4-9(8-11)7-10-5-3-6-12-10/h3,5-6,9H,2,4,7-8H2,1H3. The van der Waals surface area contributed by atoms with E-state index in [4.69, 9.17) is 11.6 Å². The maximum atomic E-state index is 5.87. The highest BCUT2D eigenvalue weighted by Crippen LogP contribution is 2.18. The van der Waals surface area contributed by atoms with E-state index < -0.39 is 0 Å². The van der Waals surface area contributed by atoms with Gasteiger partial charge in [0.05, 0.1) is 0 Å². The fourth-order valence-electron chi connectivity index (χ4n) is 1.36. The summed E-state index contributed by atoms with van der Waals surface area (Å²) in [7, 11) is 0. The van der Waals surface area contributed by atoms with Crippen molar-refractivity contribution in [2.75, 3.05) is 5.88 Å². The van der Waals surface area contributed by atoms with Crippen LogP contribution in [0.5, 0.6) is 0 Å². The molecular weight excluding hydrogens is 188 g/mol. The topological polar surface area (TPSA) is 0 Å². The molecule has 0 N–H and O–H groups in total. The van der Waals surface area contributed by atoms with Gasteiger partial charge in [-0.25, -0.2) is 0 Å².